The molecule has 3 aromatic rings. The van der Waals surface area contributed by atoms with Crippen molar-refractivity contribution in [3.63, 3.8) is 0 Å². The third-order valence-electron chi connectivity index (χ3n) is 3.75. The molecule has 0 aliphatic heterocycles. The molecule has 0 aliphatic rings. The fraction of sp³-hybridized carbons (Fsp3) is 0.176. The zero-order chi connectivity index (χ0) is 16.4. The molecule has 0 radical (unpaired) electrons. The number of rotatable bonds is 4. The Hall–Kier alpha value is -1.69. The first-order chi connectivity index (χ1) is 11.0. The standard InChI is InChI=1S/C17H15BrClN3O/c1-11(12-2-5-14(19)6-3-12)20-9-15-8-17(23)22-10-13(18)4-7-16(22)21-15/h2-8,10-11,20H,9H2,1H3/p+1/t11-/m1/s1. The Bertz CT molecular complexity index is 892. The van der Waals surface area contributed by atoms with E-state index in [1.54, 1.807) is 12.3 Å². The lowest BCUT2D eigenvalue weighted by Gasteiger charge is -2.11. The first-order valence-corrected chi connectivity index (χ1v) is 8.46. The van der Waals surface area contributed by atoms with Gasteiger partial charge in [0.05, 0.1) is 0 Å². The topological polar surface area (TPSA) is 51.0 Å². The van der Waals surface area contributed by atoms with E-state index in [2.05, 4.69) is 33.2 Å². The van der Waals surface area contributed by atoms with Gasteiger partial charge in [-0.3, -0.25) is 9.20 Å². The fourth-order valence-corrected chi connectivity index (χ4v) is 2.89. The van der Waals surface area contributed by atoms with Crippen molar-refractivity contribution in [3.05, 3.63) is 79.8 Å². The summed E-state index contributed by atoms with van der Waals surface area (Å²) in [7, 11) is 0. The van der Waals surface area contributed by atoms with E-state index in [1.807, 2.05) is 36.4 Å². The van der Waals surface area contributed by atoms with Crippen LogP contribution in [0, 0.1) is 0 Å². The summed E-state index contributed by atoms with van der Waals surface area (Å²) < 4.78 is 2.39. The van der Waals surface area contributed by atoms with Gasteiger partial charge in [0.15, 0.2) is 0 Å². The molecule has 2 aromatic heterocycles. The van der Waals surface area contributed by atoms with Crippen LogP contribution >= 0.6 is 27.5 Å². The van der Waals surface area contributed by atoms with E-state index in [9.17, 15) is 4.79 Å². The first kappa shape index (κ1) is 16.2. The van der Waals surface area contributed by atoms with Crippen molar-refractivity contribution in [2.75, 3.05) is 0 Å². The molecule has 0 amide bonds. The number of hydrogen-bond acceptors (Lipinski definition) is 2. The third-order valence-corrected chi connectivity index (χ3v) is 4.47. The van der Waals surface area contributed by atoms with Crippen LogP contribution in [0.25, 0.3) is 5.65 Å². The Morgan fingerprint density at radius 3 is 2.74 bits per heavy atom. The SMILES string of the molecule is C[C@@H]([NH2+]Cc1cc(=O)n2cc(Br)ccc2n1)c1ccc(Cl)cc1. The maximum Gasteiger partial charge on any atom is 0.258 e. The highest BCUT2D eigenvalue weighted by molar-refractivity contribution is 9.10. The van der Waals surface area contributed by atoms with Gasteiger partial charge < -0.3 is 5.32 Å². The van der Waals surface area contributed by atoms with Crippen LogP contribution in [0.5, 0.6) is 0 Å². The molecule has 0 aliphatic carbocycles. The summed E-state index contributed by atoms with van der Waals surface area (Å²) in [5.74, 6) is 0. The van der Waals surface area contributed by atoms with Crippen LogP contribution in [0.15, 0.2) is 57.9 Å². The molecule has 0 fully saturated rings. The zero-order valence-electron chi connectivity index (χ0n) is 12.5. The summed E-state index contributed by atoms with van der Waals surface area (Å²) in [6.07, 6.45) is 1.73. The van der Waals surface area contributed by atoms with Crippen molar-refractivity contribution in [1.29, 1.82) is 0 Å². The molecular weight excluding hydrogens is 378 g/mol. The second-order valence-corrected chi connectivity index (χ2v) is 6.79. The second kappa shape index (κ2) is 6.83. The lowest BCUT2D eigenvalue weighted by atomic mass is 10.1. The van der Waals surface area contributed by atoms with Crippen molar-refractivity contribution in [1.82, 2.24) is 9.38 Å². The van der Waals surface area contributed by atoms with Crippen molar-refractivity contribution < 1.29 is 5.32 Å². The maximum absolute atomic E-state index is 12.2. The van der Waals surface area contributed by atoms with Crippen LogP contribution < -0.4 is 10.9 Å². The highest BCUT2D eigenvalue weighted by atomic mass is 79.9. The predicted octanol–water partition coefficient (Wildman–Crippen LogP) is 2.94. The van der Waals surface area contributed by atoms with E-state index in [-0.39, 0.29) is 11.6 Å². The highest BCUT2D eigenvalue weighted by Crippen LogP contribution is 2.13. The van der Waals surface area contributed by atoms with E-state index in [0.29, 0.717) is 12.2 Å². The monoisotopic (exact) mass is 392 g/mol. The normalized spacial score (nSPS) is 12.5. The van der Waals surface area contributed by atoms with Crippen LogP contribution in [0.1, 0.15) is 24.2 Å². The molecule has 118 valence electrons. The summed E-state index contributed by atoms with van der Waals surface area (Å²) in [5, 5.41) is 2.89. The molecule has 2 heterocycles. The number of nitrogens with zero attached hydrogens (tertiary/aromatic N) is 2. The molecule has 0 saturated carbocycles. The number of benzene rings is 1. The maximum atomic E-state index is 12.2. The summed E-state index contributed by atoms with van der Waals surface area (Å²) >= 11 is 9.28. The Morgan fingerprint density at radius 1 is 1.26 bits per heavy atom. The quantitative estimate of drug-likeness (QED) is 0.741. The van der Waals surface area contributed by atoms with Gasteiger partial charge in [-0.05, 0) is 47.1 Å². The average Bonchev–Trinajstić information content (AvgIpc) is 2.54. The van der Waals surface area contributed by atoms with Gasteiger partial charge in [0.2, 0.25) is 0 Å². The van der Waals surface area contributed by atoms with Crippen LogP contribution in [-0.4, -0.2) is 9.38 Å². The Labute approximate surface area is 147 Å². The van der Waals surface area contributed by atoms with Gasteiger partial charge in [-0.25, -0.2) is 4.98 Å². The number of fused-ring (bicyclic) bond motifs is 1. The number of aromatic nitrogens is 2. The number of pyridine rings is 1. The minimum Gasteiger partial charge on any atom is -0.335 e. The van der Waals surface area contributed by atoms with Crippen molar-refractivity contribution in [2.24, 2.45) is 0 Å². The van der Waals surface area contributed by atoms with Gasteiger partial charge in [-0.15, -0.1) is 0 Å². The number of quaternary nitrogens is 1. The van der Waals surface area contributed by atoms with Crippen LogP contribution in [-0.2, 0) is 6.54 Å². The zero-order valence-corrected chi connectivity index (χ0v) is 14.9. The molecule has 2 N–H and O–H groups in total. The number of hydrogen-bond donors (Lipinski definition) is 1. The smallest absolute Gasteiger partial charge is 0.258 e. The minimum absolute atomic E-state index is 0.0705. The van der Waals surface area contributed by atoms with Gasteiger partial charge >= 0.3 is 0 Å². The second-order valence-electron chi connectivity index (χ2n) is 5.44. The Kier molecular flexibility index (Phi) is 4.80. The summed E-state index contributed by atoms with van der Waals surface area (Å²) in [4.78, 5) is 16.7. The minimum atomic E-state index is -0.0705. The fourth-order valence-electron chi connectivity index (χ4n) is 2.43. The van der Waals surface area contributed by atoms with E-state index in [1.165, 1.54) is 9.96 Å². The molecule has 0 spiro atoms. The van der Waals surface area contributed by atoms with Gasteiger partial charge in [0, 0.05) is 27.3 Å². The first-order valence-electron chi connectivity index (χ1n) is 7.29. The van der Waals surface area contributed by atoms with Crippen molar-refractivity contribution >= 4 is 33.2 Å². The Balaban J connectivity index is 1.78. The molecule has 23 heavy (non-hydrogen) atoms. The molecular formula is C17H16BrClN3O+. The molecule has 6 heteroatoms. The van der Waals surface area contributed by atoms with E-state index in [4.69, 9.17) is 11.6 Å². The molecule has 1 atom stereocenters. The van der Waals surface area contributed by atoms with Crippen LogP contribution in [0.4, 0.5) is 0 Å². The molecule has 4 nitrogen and oxygen atoms in total. The number of halogens is 2. The molecule has 3 rings (SSSR count). The van der Waals surface area contributed by atoms with Gasteiger partial charge in [-0.1, -0.05) is 23.7 Å². The lowest BCUT2D eigenvalue weighted by molar-refractivity contribution is -0.708. The highest BCUT2D eigenvalue weighted by Gasteiger charge is 2.10. The molecule has 0 bridgehead atoms. The average molecular weight is 394 g/mol. The van der Waals surface area contributed by atoms with Gasteiger partial charge in [-0.2, -0.15) is 0 Å². The lowest BCUT2D eigenvalue weighted by Crippen LogP contribution is -2.83. The predicted molar refractivity (Wildman–Crippen MR) is 94.7 cm³/mol. The van der Waals surface area contributed by atoms with E-state index >= 15 is 0 Å². The van der Waals surface area contributed by atoms with E-state index < -0.39 is 0 Å². The van der Waals surface area contributed by atoms with Crippen LogP contribution in [0.3, 0.4) is 0 Å². The van der Waals surface area contributed by atoms with Crippen molar-refractivity contribution in [2.45, 2.75) is 19.5 Å². The van der Waals surface area contributed by atoms with Gasteiger partial charge in [0.25, 0.3) is 5.56 Å². The van der Waals surface area contributed by atoms with Crippen LogP contribution in [0.2, 0.25) is 5.02 Å². The van der Waals surface area contributed by atoms with Gasteiger partial charge in [0.1, 0.15) is 23.9 Å². The molecule has 0 unspecified atom stereocenters. The van der Waals surface area contributed by atoms with Crippen molar-refractivity contribution in [3.8, 4) is 0 Å². The largest absolute Gasteiger partial charge is 0.335 e. The summed E-state index contributed by atoms with van der Waals surface area (Å²) in [6, 6.07) is 13.4. The Morgan fingerprint density at radius 2 is 2.00 bits per heavy atom. The van der Waals surface area contributed by atoms with E-state index in [0.717, 1.165) is 15.2 Å². The third kappa shape index (κ3) is 3.80. The molecule has 0 saturated heterocycles. The summed E-state index contributed by atoms with van der Waals surface area (Å²) in [5.41, 5.74) is 2.55. The number of nitrogens with two attached hydrogens (primary N) is 1. The summed E-state index contributed by atoms with van der Waals surface area (Å²) in [6.45, 7) is 2.76. The molecule has 1 aromatic carbocycles.